The molecule has 0 radical (unpaired) electrons. The molecule has 2 aromatic carbocycles. The van der Waals surface area contributed by atoms with Gasteiger partial charge in [-0.15, -0.1) is 0 Å². The SMILES string of the molecule is COc1cc(CCC(=O)Nc2cc(NC(C)=O)ccc2C)cc(OC)c1OC. The summed E-state index contributed by atoms with van der Waals surface area (Å²) < 4.78 is 16.0. The van der Waals surface area contributed by atoms with E-state index >= 15 is 0 Å². The number of ether oxygens (including phenoxy) is 3. The van der Waals surface area contributed by atoms with Crippen LogP contribution in [0.5, 0.6) is 17.2 Å². The molecular weight excluding hydrogens is 360 g/mol. The minimum absolute atomic E-state index is 0.128. The molecule has 7 nitrogen and oxygen atoms in total. The minimum atomic E-state index is -0.163. The number of carbonyl (C=O) groups excluding carboxylic acids is 2. The molecular formula is C21H26N2O5. The molecule has 0 aliphatic carbocycles. The van der Waals surface area contributed by atoms with Crippen LogP contribution in [0.2, 0.25) is 0 Å². The normalized spacial score (nSPS) is 10.2. The van der Waals surface area contributed by atoms with E-state index in [0.29, 0.717) is 35.0 Å². The summed E-state index contributed by atoms with van der Waals surface area (Å²) in [5, 5.41) is 5.61. The topological polar surface area (TPSA) is 85.9 Å². The molecule has 0 unspecified atom stereocenters. The Morgan fingerprint density at radius 3 is 2.11 bits per heavy atom. The van der Waals surface area contributed by atoms with Crippen LogP contribution in [0, 0.1) is 6.92 Å². The van der Waals surface area contributed by atoms with Gasteiger partial charge in [0.25, 0.3) is 0 Å². The fourth-order valence-electron chi connectivity index (χ4n) is 2.79. The zero-order valence-electron chi connectivity index (χ0n) is 16.8. The number of hydrogen-bond acceptors (Lipinski definition) is 5. The van der Waals surface area contributed by atoms with Gasteiger partial charge in [-0.3, -0.25) is 9.59 Å². The summed E-state index contributed by atoms with van der Waals surface area (Å²) in [7, 11) is 4.65. The Labute approximate surface area is 165 Å². The molecule has 2 N–H and O–H groups in total. The second kappa shape index (κ2) is 9.64. The summed E-state index contributed by atoms with van der Waals surface area (Å²) in [4.78, 5) is 23.6. The van der Waals surface area contributed by atoms with Crippen LogP contribution in [0.15, 0.2) is 30.3 Å². The third kappa shape index (κ3) is 5.39. The van der Waals surface area contributed by atoms with Crippen LogP contribution in [0.1, 0.15) is 24.5 Å². The summed E-state index contributed by atoms with van der Waals surface area (Å²) >= 11 is 0. The van der Waals surface area contributed by atoms with Gasteiger partial charge in [0.2, 0.25) is 17.6 Å². The standard InChI is InChI=1S/C21H26N2O5/c1-13-6-8-16(22-14(2)24)12-17(13)23-20(25)9-7-15-10-18(26-3)21(28-5)19(11-15)27-4/h6,8,10-12H,7,9H2,1-5H3,(H,22,24)(H,23,25). The Balaban J connectivity index is 2.08. The van der Waals surface area contributed by atoms with Gasteiger partial charge in [0.15, 0.2) is 11.5 Å². The van der Waals surface area contributed by atoms with Crippen LogP contribution in [0.4, 0.5) is 11.4 Å². The third-order valence-corrected chi connectivity index (χ3v) is 4.20. The summed E-state index contributed by atoms with van der Waals surface area (Å²) in [6, 6.07) is 9.05. The molecule has 0 saturated carbocycles. The first-order valence-electron chi connectivity index (χ1n) is 8.85. The monoisotopic (exact) mass is 386 g/mol. The highest BCUT2D eigenvalue weighted by molar-refractivity contribution is 5.94. The van der Waals surface area contributed by atoms with E-state index in [1.807, 2.05) is 25.1 Å². The Morgan fingerprint density at radius 2 is 1.57 bits per heavy atom. The first-order chi connectivity index (χ1) is 13.4. The maximum absolute atomic E-state index is 12.4. The number of anilines is 2. The maximum atomic E-state index is 12.4. The molecule has 0 aromatic heterocycles. The van der Waals surface area contributed by atoms with Crippen molar-refractivity contribution in [3.8, 4) is 17.2 Å². The van der Waals surface area contributed by atoms with Gasteiger partial charge in [-0.2, -0.15) is 0 Å². The average molecular weight is 386 g/mol. The van der Waals surface area contributed by atoms with Gasteiger partial charge in [-0.1, -0.05) is 6.07 Å². The van der Waals surface area contributed by atoms with Crippen LogP contribution in [0.3, 0.4) is 0 Å². The predicted octanol–water partition coefficient (Wildman–Crippen LogP) is 3.55. The first-order valence-corrected chi connectivity index (χ1v) is 8.85. The molecule has 2 amide bonds. The van der Waals surface area contributed by atoms with Crippen LogP contribution < -0.4 is 24.8 Å². The van der Waals surface area contributed by atoms with E-state index in [4.69, 9.17) is 14.2 Å². The molecule has 0 spiro atoms. The fourth-order valence-corrected chi connectivity index (χ4v) is 2.79. The van der Waals surface area contributed by atoms with Crippen molar-refractivity contribution in [2.24, 2.45) is 0 Å². The number of benzene rings is 2. The molecule has 0 bridgehead atoms. The van der Waals surface area contributed by atoms with E-state index in [9.17, 15) is 9.59 Å². The lowest BCUT2D eigenvalue weighted by Crippen LogP contribution is -2.14. The molecule has 0 fully saturated rings. The predicted molar refractivity (Wildman–Crippen MR) is 109 cm³/mol. The number of carbonyl (C=O) groups is 2. The largest absolute Gasteiger partial charge is 0.493 e. The average Bonchev–Trinajstić information content (AvgIpc) is 2.67. The number of hydrogen-bond donors (Lipinski definition) is 2. The zero-order valence-corrected chi connectivity index (χ0v) is 16.8. The second-order valence-electron chi connectivity index (χ2n) is 6.29. The molecule has 0 heterocycles. The lowest BCUT2D eigenvalue weighted by atomic mass is 10.1. The third-order valence-electron chi connectivity index (χ3n) is 4.20. The Hall–Kier alpha value is -3.22. The van der Waals surface area contributed by atoms with Gasteiger partial charge in [0, 0.05) is 24.7 Å². The van der Waals surface area contributed by atoms with E-state index in [1.165, 1.54) is 6.92 Å². The van der Waals surface area contributed by atoms with Crippen molar-refractivity contribution in [1.29, 1.82) is 0 Å². The van der Waals surface area contributed by atoms with Crippen molar-refractivity contribution in [1.82, 2.24) is 0 Å². The van der Waals surface area contributed by atoms with E-state index in [1.54, 1.807) is 33.5 Å². The smallest absolute Gasteiger partial charge is 0.224 e. The summed E-state index contributed by atoms with van der Waals surface area (Å²) in [6.07, 6.45) is 0.787. The number of rotatable bonds is 8. The van der Waals surface area contributed by atoms with Crippen LogP contribution >= 0.6 is 0 Å². The van der Waals surface area contributed by atoms with Gasteiger partial charge >= 0.3 is 0 Å². The summed E-state index contributed by atoms with van der Waals surface area (Å²) in [6.45, 7) is 3.34. The van der Waals surface area contributed by atoms with Gasteiger partial charge < -0.3 is 24.8 Å². The van der Waals surface area contributed by atoms with Crippen molar-refractivity contribution in [2.75, 3.05) is 32.0 Å². The van der Waals surface area contributed by atoms with Crippen LogP contribution in [-0.4, -0.2) is 33.1 Å². The van der Waals surface area contributed by atoms with Crippen molar-refractivity contribution in [3.05, 3.63) is 41.5 Å². The summed E-state index contributed by atoms with van der Waals surface area (Å²) in [5.74, 6) is 1.33. The highest BCUT2D eigenvalue weighted by Crippen LogP contribution is 2.38. The number of amides is 2. The number of aryl methyl sites for hydroxylation is 2. The van der Waals surface area contributed by atoms with Crippen LogP contribution in [0.25, 0.3) is 0 Å². The number of nitrogens with one attached hydrogen (secondary N) is 2. The van der Waals surface area contributed by atoms with E-state index in [2.05, 4.69) is 10.6 Å². The molecule has 2 rings (SSSR count). The molecule has 0 atom stereocenters. The van der Waals surface area contributed by atoms with Crippen molar-refractivity contribution in [3.63, 3.8) is 0 Å². The highest BCUT2D eigenvalue weighted by Gasteiger charge is 2.14. The molecule has 0 aliphatic rings. The van der Waals surface area contributed by atoms with Crippen molar-refractivity contribution < 1.29 is 23.8 Å². The molecule has 150 valence electrons. The summed E-state index contributed by atoms with van der Waals surface area (Å²) in [5.41, 5.74) is 3.11. The lowest BCUT2D eigenvalue weighted by Gasteiger charge is -2.14. The van der Waals surface area contributed by atoms with Gasteiger partial charge in [-0.25, -0.2) is 0 Å². The lowest BCUT2D eigenvalue weighted by molar-refractivity contribution is -0.116. The van der Waals surface area contributed by atoms with Gasteiger partial charge in [-0.05, 0) is 48.7 Å². The minimum Gasteiger partial charge on any atom is -0.493 e. The van der Waals surface area contributed by atoms with Crippen molar-refractivity contribution >= 4 is 23.2 Å². The van der Waals surface area contributed by atoms with Gasteiger partial charge in [0.1, 0.15) is 0 Å². The zero-order chi connectivity index (χ0) is 20.7. The van der Waals surface area contributed by atoms with E-state index in [0.717, 1.165) is 11.1 Å². The quantitative estimate of drug-likeness (QED) is 0.725. The molecule has 7 heteroatoms. The molecule has 28 heavy (non-hydrogen) atoms. The maximum Gasteiger partial charge on any atom is 0.224 e. The fraction of sp³-hybridized carbons (Fsp3) is 0.333. The molecule has 2 aromatic rings. The number of methoxy groups -OCH3 is 3. The molecule has 0 saturated heterocycles. The Bertz CT molecular complexity index is 839. The Morgan fingerprint density at radius 1 is 0.929 bits per heavy atom. The van der Waals surface area contributed by atoms with E-state index in [-0.39, 0.29) is 18.2 Å². The second-order valence-corrected chi connectivity index (χ2v) is 6.29. The van der Waals surface area contributed by atoms with Crippen LogP contribution in [-0.2, 0) is 16.0 Å². The first kappa shape index (κ1) is 21.1. The van der Waals surface area contributed by atoms with E-state index < -0.39 is 0 Å². The van der Waals surface area contributed by atoms with Crippen molar-refractivity contribution in [2.45, 2.75) is 26.7 Å². The van der Waals surface area contributed by atoms with Gasteiger partial charge in [0.05, 0.1) is 21.3 Å². The Kier molecular flexibility index (Phi) is 7.26. The highest BCUT2D eigenvalue weighted by atomic mass is 16.5. The molecule has 0 aliphatic heterocycles.